The fourth-order valence-corrected chi connectivity index (χ4v) is 3.62. The third-order valence-electron chi connectivity index (χ3n) is 3.09. The van der Waals surface area contributed by atoms with E-state index in [9.17, 15) is 0 Å². The lowest BCUT2D eigenvalue weighted by Gasteiger charge is -2.06. The normalized spacial score (nSPS) is 10.5. The number of anilines is 2. The van der Waals surface area contributed by atoms with E-state index in [2.05, 4.69) is 24.3 Å². The molecule has 3 aromatic rings. The van der Waals surface area contributed by atoms with Crippen LogP contribution in [0.1, 0.15) is 0 Å². The predicted molar refractivity (Wildman–Crippen MR) is 96.4 cm³/mol. The van der Waals surface area contributed by atoms with Crippen LogP contribution in [0.3, 0.4) is 0 Å². The maximum absolute atomic E-state index is 5.98. The molecule has 0 saturated heterocycles. The summed E-state index contributed by atoms with van der Waals surface area (Å²) in [5.41, 5.74) is 13.3. The van der Waals surface area contributed by atoms with Crippen molar-refractivity contribution in [1.29, 1.82) is 0 Å². The Morgan fingerprint density at radius 1 is 0.545 bits per heavy atom. The smallest absolute Gasteiger partial charge is 0.0455 e. The van der Waals surface area contributed by atoms with E-state index in [1.807, 2.05) is 48.5 Å². The lowest BCUT2D eigenvalue weighted by Crippen LogP contribution is -1.86. The number of hydrogen-bond acceptors (Lipinski definition) is 4. The summed E-state index contributed by atoms with van der Waals surface area (Å²) in [6.07, 6.45) is 0. The Labute approximate surface area is 138 Å². The van der Waals surface area contributed by atoms with Crippen molar-refractivity contribution in [3.05, 3.63) is 72.8 Å². The van der Waals surface area contributed by atoms with E-state index < -0.39 is 0 Å². The standard InChI is InChI=1S/C18H16N2S2/c19-13-5-7-14(8-6-13)21-15-9-11-16(12-10-15)22-18-4-2-1-3-17(18)20/h1-12H,19-20H2. The number of nitrogens with two attached hydrogens (primary N) is 2. The van der Waals surface area contributed by atoms with Crippen LogP contribution >= 0.6 is 23.5 Å². The predicted octanol–water partition coefficient (Wildman–Crippen LogP) is 5.15. The van der Waals surface area contributed by atoms with Crippen molar-refractivity contribution in [2.75, 3.05) is 11.5 Å². The second-order valence-corrected chi connectivity index (χ2v) is 7.04. The zero-order valence-corrected chi connectivity index (χ0v) is 13.5. The molecule has 4 heteroatoms. The maximum Gasteiger partial charge on any atom is 0.0455 e. The molecule has 0 saturated carbocycles. The molecule has 2 nitrogen and oxygen atoms in total. The first-order valence-electron chi connectivity index (χ1n) is 6.86. The van der Waals surface area contributed by atoms with Gasteiger partial charge in [0.25, 0.3) is 0 Å². The summed E-state index contributed by atoms with van der Waals surface area (Å²) >= 11 is 3.41. The van der Waals surface area contributed by atoms with Crippen molar-refractivity contribution in [3.8, 4) is 0 Å². The Hall–Kier alpha value is -2.04. The number of para-hydroxylation sites is 1. The summed E-state index contributed by atoms with van der Waals surface area (Å²) in [6.45, 7) is 0. The third-order valence-corrected chi connectivity index (χ3v) is 5.20. The lowest BCUT2D eigenvalue weighted by atomic mass is 10.3. The maximum atomic E-state index is 5.98. The van der Waals surface area contributed by atoms with Gasteiger partial charge in [0.1, 0.15) is 0 Å². The molecule has 0 aliphatic carbocycles. The first kappa shape index (κ1) is 14.9. The molecule has 22 heavy (non-hydrogen) atoms. The molecule has 4 N–H and O–H groups in total. The molecule has 110 valence electrons. The summed E-state index contributed by atoms with van der Waals surface area (Å²) in [4.78, 5) is 4.65. The Bertz CT molecular complexity index is 753. The molecule has 0 heterocycles. The van der Waals surface area contributed by atoms with Crippen LogP contribution in [0.5, 0.6) is 0 Å². The fraction of sp³-hybridized carbons (Fsp3) is 0. The minimum absolute atomic E-state index is 0.788. The minimum atomic E-state index is 0.788. The number of hydrogen-bond donors (Lipinski definition) is 2. The van der Waals surface area contributed by atoms with Crippen molar-refractivity contribution < 1.29 is 0 Å². The average Bonchev–Trinajstić information content (AvgIpc) is 2.54. The molecule has 0 spiro atoms. The van der Waals surface area contributed by atoms with Crippen LogP contribution in [0.15, 0.2) is 92.4 Å². The largest absolute Gasteiger partial charge is 0.399 e. The fourth-order valence-electron chi connectivity index (χ4n) is 1.95. The second-order valence-electron chi connectivity index (χ2n) is 4.78. The molecule has 0 radical (unpaired) electrons. The van der Waals surface area contributed by atoms with E-state index in [-0.39, 0.29) is 0 Å². The summed E-state index contributed by atoms with van der Waals surface area (Å²) in [5, 5.41) is 0. The molecule has 3 aromatic carbocycles. The third kappa shape index (κ3) is 3.78. The van der Waals surface area contributed by atoms with Crippen molar-refractivity contribution in [3.63, 3.8) is 0 Å². The van der Waals surface area contributed by atoms with Crippen LogP contribution in [-0.4, -0.2) is 0 Å². The van der Waals surface area contributed by atoms with Crippen molar-refractivity contribution in [1.82, 2.24) is 0 Å². The van der Waals surface area contributed by atoms with Crippen molar-refractivity contribution >= 4 is 34.9 Å². The molecule has 0 fully saturated rings. The minimum Gasteiger partial charge on any atom is -0.399 e. The SMILES string of the molecule is Nc1ccc(Sc2ccc(Sc3ccccc3N)cc2)cc1. The molecule has 0 bridgehead atoms. The zero-order chi connectivity index (χ0) is 15.4. The number of nitrogen functional groups attached to an aromatic ring is 2. The van der Waals surface area contributed by atoms with E-state index in [0.717, 1.165) is 16.3 Å². The van der Waals surface area contributed by atoms with Crippen molar-refractivity contribution in [2.45, 2.75) is 19.6 Å². The van der Waals surface area contributed by atoms with Gasteiger partial charge in [-0.25, -0.2) is 0 Å². The average molecular weight is 324 g/mol. The highest BCUT2D eigenvalue weighted by Crippen LogP contribution is 2.34. The van der Waals surface area contributed by atoms with Gasteiger partial charge >= 0.3 is 0 Å². The quantitative estimate of drug-likeness (QED) is 0.651. The van der Waals surface area contributed by atoms with E-state index in [1.165, 1.54) is 14.7 Å². The van der Waals surface area contributed by atoms with Gasteiger partial charge < -0.3 is 11.5 Å². The van der Waals surface area contributed by atoms with Gasteiger partial charge in [0.15, 0.2) is 0 Å². The van der Waals surface area contributed by atoms with Crippen LogP contribution in [-0.2, 0) is 0 Å². The van der Waals surface area contributed by atoms with Crippen LogP contribution in [0, 0.1) is 0 Å². The molecule has 0 aliphatic rings. The van der Waals surface area contributed by atoms with Crippen LogP contribution in [0.4, 0.5) is 11.4 Å². The van der Waals surface area contributed by atoms with Gasteiger partial charge in [-0.3, -0.25) is 0 Å². The highest BCUT2D eigenvalue weighted by molar-refractivity contribution is 7.99. The molecule has 0 amide bonds. The topological polar surface area (TPSA) is 52.0 Å². The molecule has 0 atom stereocenters. The first-order chi connectivity index (χ1) is 10.7. The Kier molecular flexibility index (Phi) is 4.61. The van der Waals surface area contributed by atoms with Gasteiger partial charge in [0.05, 0.1) is 0 Å². The molecule has 0 aromatic heterocycles. The number of rotatable bonds is 4. The summed E-state index contributed by atoms with van der Waals surface area (Å²) in [7, 11) is 0. The van der Waals surface area contributed by atoms with Crippen LogP contribution in [0.2, 0.25) is 0 Å². The van der Waals surface area contributed by atoms with Gasteiger partial charge in [0, 0.05) is 31.0 Å². The molecule has 0 unspecified atom stereocenters. The van der Waals surface area contributed by atoms with E-state index in [0.29, 0.717) is 0 Å². The first-order valence-corrected chi connectivity index (χ1v) is 8.50. The molecule has 0 aliphatic heterocycles. The Morgan fingerprint density at radius 2 is 1.05 bits per heavy atom. The van der Waals surface area contributed by atoms with E-state index in [1.54, 1.807) is 23.5 Å². The van der Waals surface area contributed by atoms with Gasteiger partial charge in [-0.1, -0.05) is 35.7 Å². The summed E-state index contributed by atoms with van der Waals surface area (Å²) in [5.74, 6) is 0. The highest BCUT2D eigenvalue weighted by atomic mass is 32.2. The molecular weight excluding hydrogens is 308 g/mol. The monoisotopic (exact) mass is 324 g/mol. The Balaban J connectivity index is 1.70. The lowest BCUT2D eigenvalue weighted by molar-refractivity contribution is 1.33. The van der Waals surface area contributed by atoms with Gasteiger partial charge in [-0.2, -0.15) is 0 Å². The van der Waals surface area contributed by atoms with E-state index in [4.69, 9.17) is 11.5 Å². The summed E-state index contributed by atoms with van der Waals surface area (Å²) in [6, 6.07) is 24.3. The van der Waals surface area contributed by atoms with Gasteiger partial charge in [0.2, 0.25) is 0 Å². The van der Waals surface area contributed by atoms with Crippen molar-refractivity contribution in [2.24, 2.45) is 0 Å². The second kappa shape index (κ2) is 6.81. The van der Waals surface area contributed by atoms with Crippen LogP contribution in [0.25, 0.3) is 0 Å². The zero-order valence-electron chi connectivity index (χ0n) is 11.9. The van der Waals surface area contributed by atoms with Crippen LogP contribution < -0.4 is 11.5 Å². The van der Waals surface area contributed by atoms with Gasteiger partial charge in [-0.15, -0.1) is 0 Å². The molecule has 3 rings (SSSR count). The van der Waals surface area contributed by atoms with E-state index >= 15 is 0 Å². The highest BCUT2D eigenvalue weighted by Gasteiger charge is 2.02. The Morgan fingerprint density at radius 3 is 1.64 bits per heavy atom. The molecular formula is C18H16N2S2. The summed E-state index contributed by atoms with van der Waals surface area (Å²) < 4.78 is 0. The number of benzene rings is 3. The van der Waals surface area contributed by atoms with Gasteiger partial charge in [-0.05, 0) is 60.7 Å².